The predicted molar refractivity (Wildman–Crippen MR) is 127 cm³/mol. The van der Waals surface area contributed by atoms with Crippen molar-refractivity contribution in [1.82, 2.24) is 0 Å². The van der Waals surface area contributed by atoms with Crippen molar-refractivity contribution < 1.29 is 0 Å². The van der Waals surface area contributed by atoms with E-state index in [2.05, 4.69) is 132 Å². The summed E-state index contributed by atoms with van der Waals surface area (Å²) in [6, 6.07) is 13.2. The third-order valence-electron chi connectivity index (χ3n) is 5.30. The van der Waals surface area contributed by atoms with Crippen LogP contribution in [0.1, 0.15) is 45.2 Å². The molecule has 0 saturated carbocycles. The second-order valence-corrected chi connectivity index (χ2v) is 11.3. The molecule has 2 bridgehead atoms. The van der Waals surface area contributed by atoms with Crippen molar-refractivity contribution in [3.05, 3.63) is 96.6 Å². The molecule has 3 aromatic carbocycles. The van der Waals surface area contributed by atoms with Gasteiger partial charge in [0.05, 0.1) is 0 Å². The minimum Gasteiger partial charge on any atom is -0.0619 e. The predicted octanol–water partition coefficient (Wildman–Crippen LogP) is 9.25. The molecule has 0 heterocycles. The highest BCUT2D eigenvalue weighted by molar-refractivity contribution is 9.15. The van der Waals surface area contributed by atoms with Gasteiger partial charge in [0.2, 0.25) is 0 Å². The highest BCUT2D eigenvalue weighted by Gasteiger charge is 2.45. The normalized spacial score (nSPS) is 19.2. The first kappa shape index (κ1) is 18.6. The van der Waals surface area contributed by atoms with Crippen LogP contribution in [0.15, 0.2) is 63.2 Å². The van der Waals surface area contributed by atoms with Crippen molar-refractivity contribution in [2.24, 2.45) is 0 Å². The lowest BCUT2D eigenvalue weighted by molar-refractivity contribution is 0.740. The zero-order valence-corrected chi connectivity index (χ0v) is 22.4. The standard InChI is InChI=1S/C20H8Br6/c21-10-6-5-9-11-7-3-1-2-4-8(7)12(13(9)16(10)22)15-14(11)17(23)19(25)20(26)18(15)24/h1-6,11-12H. The molecule has 0 nitrogen and oxygen atoms in total. The van der Waals surface area contributed by atoms with E-state index in [1.54, 1.807) is 0 Å². The molecule has 0 amide bonds. The fraction of sp³-hybridized carbons (Fsp3) is 0.100. The van der Waals surface area contributed by atoms with Crippen LogP contribution in [0.3, 0.4) is 0 Å². The third-order valence-corrected chi connectivity index (χ3v) is 12.2. The second-order valence-electron chi connectivity index (χ2n) is 6.44. The van der Waals surface area contributed by atoms with Gasteiger partial charge in [-0.25, -0.2) is 0 Å². The quantitative estimate of drug-likeness (QED) is 0.110. The Bertz CT molecular complexity index is 1120. The number of benzene rings is 3. The maximum atomic E-state index is 3.87. The van der Waals surface area contributed by atoms with Crippen LogP contribution in [0.4, 0.5) is 0 Å². The van der Waals surface area contributed by atoms with E-state index in [0.717, 1.165) is 26.8 Å². The smallest absolute Gasteiger partial charge is 0.0474 e. The van der Waals surface area contributed by atoms with Crippen LogP contribution in [0.2, 0.25) is 0 Å². The van der Waals surface area contributed by atoms with Gasteiger partial charge in [-0.15, -0.1) is 0 Å². The third kappa shape index (κ3) is 2.32. The van der Waals surface area contributed by atoms with Crippen molar-refractivity contribution in [2.75, 3.05) is 0 Å². The molecule has 6 rings (SSSR count). The minimum absolute atomic E-state index is 0.183. The Kier molecular flexibility index (Phi) is 4.66. The van der Waals surface area contributed by atoms with E-state index >= 15 is 0 Å². The van der Waals surface area contributed by atoms with E-state index in [4.69, 9.17) is 0 Å². The molecule has 3 aliphatic carbocycles. The molecule has 0 spiro atoms. The maximum Gasteiger partial charge on any atom is 0.0474 e. The molecule has 0 fully saturated rings. The molecule has 0 aliphatic heterocycles. The van der Waals surface area contributed by atoms with Crippen LogP contribution in [0.5, 0.6) is 0 Å². The van der Waals surface area contributed by atoms with Gasteiger partial charge in [-0.1, -0.05) is 30.3 Å². The highest BCUT2D eigenvalue weighted by Crippen LogP contribution is 2.62. The Morgan fingerprint density at radius 1 is 0.462 bits per heavy atom. The minimum atomic E-state index is 0.183. The molecule has 0 radical (unpaired) electrons. The molecule has 2 unspecified atom stereocenters. The van der Waals surface area contributed by atoms with E-state index in [0.29, 0.717) is 0 Å². The van der Waals surface area contributed by atoms with Gasteiger partial charge in [-0.2, -0.15) is 0 Å². The largest absolute Gasteiger partial charge is 0.0619 e. The summed E-state index contributed by atoms with van der Waals surface area (Å²) in [5, 5.41) is 0. The van der Waals surface area contributed by atoms with Gasteiger partial charge < -0.3 is 0 Å². The molecular weight excluding hydrogens is 720 g/mol. The lowest BCUT2D eigenvalue weighted by atomic mass is 9.61. The number of hydrogen-bond donors (Lipinski definition) is 0. The summed E-state index contributed by atoms with van der Waals surface area (Å²) >= 11 is 22.8. The van der Waals surface area contributed by atoms with Crippen LogP contribution < -0.4 is 0 Å². The first-order chi connectivity index (χ1) is 12.4. The van der Waals surface area contributed by atoms with Gasteiger partial charge in [0.25, 0.3) is 0 Å². The van der Waals surface area contributed by atoms with E-state index in [-0.39, 0.29) is 11.8 Å². The first-order valence-corrected chi connectivity index (χ1v) is 12.6. The summed E-state index contributed by atoms with van der Waals surface area (Å²) < 4.78 is 6.56. The average molecular weight is 728 g/mol. The molecule has 26 heavy (non-hydrogen) atoms. The lowest BCUT2D eigenvalue weighted by Gasteiger charge is -2.44. The van der Waals surface area contributed by atoms with Crippen molar-refractivity contribution in [3.63, 3.8) is 0 Å². The molecule has 2 atom stereocenters. The fourth-order valence-electron chi connectivity index (χ4n) is 4.33. The Balaban J connectivity index is 1.99. The molecular formula is C20H8Br6. The fourth-order valence-corrected chi connectivity index (χ4v) is 7.90. The number of rotatable bonds is 0. The van der Waals surface area contributed by atoms with Crippen LogP contribution >= 0.6 is 95.6 Å². The summed E-state index contributed by atoms with van der Waals surface area (Å²) in [7, 11) is 0. The van der Waals surface area contributed by atoms with Crippen LogP contribution in [-0.2, 0) is 0 Å². The van der Waals surface area contributed by atoms with Gasteiger partial charge in [0.15, 0.2) is 0 Å². The molecule has 3 aromatic rings. The summed E-state index contributed by atoms with van der Waals surface area (Å²) in [5.74, 6) is 0.392. The van der Waals surface area contributed by atoms with E-state index in [1.165, 1.54) is 33.4 Å². The Morgan fingerprint density at radius 3 is 1.62 bits per heavy atom. The SMILES string of the molecule is Brc1ccc2c(c1Br)C1c3ccccc3C2c2c(Br)c(Br)c(Br)c(Br)c21. The van der Waals surface area contributed by atoms with Gasteiger partial charge in [0.1, 0.15) is 0 Å². The molecule has 0 saturated heterocycles. The zero-order chi connectivity index (χ0) is 18.3. The van der Waals surface area contributed by atoms with Crippen molar-refractivity contribution in [1.29, 1.82) is 0 Å². The Hall–Kier alpha value is 0.540. The number of halogens is 6. The van der Waals surface area contributed by atoms with Crippen LogP contribution in [-0.4, -0.2) is 0 Å². The summed E-state index contributed by atoms with van der Waals surface area (Å²) in [6.07, 6.45) is 0. The second kappa shape index (κ2) is 6.53. The van der Waals surface area contributed by atoms with Gasteiger partial charge in [0, 0.05) is 38.7 Å². The van der Waals surface area contributed by atoms with E-state index in [1.807, 2.05) is 0 Å². The van der Waals surface area contributed by atoms with Crippen molar-refractivity contribution >= 4 is 95.6 Å². The highest BCUT2D eigenvalue weighted by atomic mass is 79.9. The van der Waals surface area contributed by atoms with Gasteiger partial charge in [-0.05, 0) is 135 Å². The maximum absolute atomic E-state index is 3.87. The lowest BCUT2D eigenvalue weighted by Crippen LogP contribution is -2.29. The van der Waals surface area contributed by atoms with Crippen molar-refractivity contribution in [2.45, 2.75) is 11.8 Å². The zero-order valence-electron chi connectivity index (χ0n) is 12.9. The Labute approximate surface area is 201 Å². The molecule has 3 aliphatic rings. The van der Waals surface area contributed by atoms with Gasteiger partial charge in [-0.3, -0.25) is 0 Å². The van der Waals surface area contributed by atoms with E-state index < -0.39 is 0 Å². The first-order valence-electron chi connectivity index (χ1n) is 7.85. The summed E-state index contributed by atoms with van der Waals surface area (Å²) in [6.45, 7) is 0. The summed E-state index contributed by atoms with van der Waals surface area (Å²) in [5.41, 5.74) is 8.20. The molecule has 130 valence electrons. The van der Waals surface area contributed by atoms with E-state index in [9.17, 15) is 0 Å². The average Bonchev–Trinajstić information content (AvgIpc) is 2.66. The van der Waals surface area contributed by atoms with Crippen molar-refractivity contribution in [3.8, 4) is 0 Å². The summed E-state index contributed by atoms with van der Waals surface area (Å²) in [4.78, 5) is 0. The van der Waals surface area contributed by atoms with Gasteiger partial charge >= 0.3 is 0 Å². The van der Waals surface area contributed by atoms with Crippen LogP contribution in [0, 0.1) is 0 Å². The topological polar surface area (TPSA) is 0 Å². The molecule has 0 N–H and O–H groups in total. The number of hydrogen-bond acceptors (Lipinski definition) is 0. The van der Waals surface area contributed by atoms with Crippen LogP contribution in [0.25, 0.3) is 0 Å². The molecule has 0 aromatic heterocycles. The Morgan fingerprint density at radius 2 is 1.00 bits per heavy atom. The monoisotopic (exact) mass is 722 g/mol. The molecule has 6 heteroatoms.